The molecule has 3 aliphatic rings. The number of hydrogen-bond donors (Lipinski definition) is 0. The minimum Gasteiger partial charge on any atom is -0.449 e. The number of carbonyl (C=O) groups is 1. The van der Waals surface area contributed by atoms with Crippen LogP contribution in [-0.2, 0) is 11.2 Å². The first-order valence-corrected chi connectivity index (χ1v) is 13.1. The average molecular weight is 471 g/mol. The zero-order valence-corrected chi connectivity index (χ0v) is 21.3. The summed E-state index contributed by atoms with van der Waals surface area (Å²) in [4.78, 5) is 14.7. The van der Waals surface area contributed by atoms with Gasteiger partial charge in [-0.2, -0.15) is 5.26 Å². The highest BCUT2D eigenvalue weighted by Gasteiger charge is 2.68. The Labute approximate surface area is 204 Å². The van der Waals surface area contributed by atoms with Gasteiger partial charge in [-0.1, -0.05) is 70.5 Å². The molecule has 1 aromatic rings. The lowest BCUT2D eigenvalue weighted by atomic mass is 9.75. The summed E-state index contributed by atoms with van der Waals surface area (Å²) >= 11 is 6.31. The van der Waals surface area contributed by atoms with Gasteiger partial charge in [0, 0.05) is 13.1 Å². The second-order valence-corrected chi connectivity index (χ2v) is 12.6. The standard InChI is InChI=1S/C28H39ClN2O2/c1-26(2,3)20-33-25(32)31-14-13-28(19-31)18-27(28,16-22-7-5-4-6-8-22)12-11-21-9-10-23(17-30)24(29)15-21/h9-10,15,22H,4-8,11-14,16,18-20H2,1-3H3/t27-,28+/m1/s1. The Kier molecular flexibility index (Phi) is 7.02. The fraction of sp³-hybridized carbons (Fsp3) is 0.714. The lowest BCUT2D eigenvalue weighted by Crippen LogP contribution is -2.33. The Morgan fingerprint density at radius 3 is 2.70 bits per heavy atom. The summed E-state index contributed by atoms with van der Waals surface area (Å²) in [6.45, 7) is 8.41. The number of benzene rings is 1. The summed E-state index contributed by atoms with van der Waals surface area (Å²) in [5.41, 5.74) is 2.31. The van der Waals surface area contributed by atoms with E-state index in [0.717, 1.165) is 38.3 Å². The number of likely N-dealkylation sites (tertiary alicyclic amines) is 1. The monoisotopic (exact) mass is 470 g/mol. The van der Waals surface area contributed by atoms with Crippen LogP contribution < -0.4 is 0 Å². The zero-order chi connectivity index (χ0) is 23.7. The number of carbonyl (C=O) groups excluding carboxylic acids is 1. The third kappa shape index (κ3) is 5.51. The van der Waals surface area contributed by atoms with E-state index in [1.807, 2.05) is 17.0 Å². The molecular weight excluding hydrogens is 432 g/mol. The maximum absolute atomic E-state index is 12.7. The van der Waals surface area contributed by atoms with Gasteiger partial charge in [0.15, 0.2) is 0 Å². The van der Waals surface area contributed by atoms with Gasteiger partial charge in [-0.05, 0) is 72.0 Å². The topological polar surface area (TPSA) is 53.3 Å². The van der Waals surface area contributed by atoms with Crippen molar-refractivity contribution >= 4 is 17.7 Å². The zero-order valence-electron chi connectivity index (χ0n) is 20.6. The summed E-state index contributed by atoms with van der Waals surface area (Å²) in [5.74, 6) is 0.824. The van der Waals surface area contributed by atoms with Crippen LogP contribution in [0.15, 0.2) is 18.2 Å². The quantitative estimate of drug-likeness (QED) is 0.435. The maximum Gasteiger partial charge on any atom is 0.409 e. The molecule has 2 atom stereocenters. The largest absolute Gasteiger partial charge is 0.449 e. The first-order valence-electron chi connectivity index (χ1n) is 12.8. The molecule has 1 heterocycles. The van der Waals surface area contributed by atoms with Gasteiger partial charge in [0.2, 0.25) is 0 Å². The minimum atomic E-state index is -0.140. The molecule has 1 aliphatic heterocycles. The normalized spacial score (nSPS) is 27.5. The van der Waals surface area contributed by atoms with Crippen LogP contribution in [0.1, 0.15) is 89.7 Å². The van der Waals surface area contributed by atoms with Crippen LogP contribution in [0.25, 0.3) is 0 Å². The number of halogens is 1. The number of nitriles is 1. The van der Waals surface area contributed by atoms with Crippen molar-refractivity contribution in [2.45, 2.75) is 85.0 Å². The molecule has 5 heteroatoms. The van der Waals surface area contributed by atoms with Crippen molar-refractivity contribution in [2.75, 3.05) is 19.7 Å². The molecular formula is C28H39ClN2O2. The van der Waals surface area contributed by atoms with Crippen molar-refractivity contribution in [1.29, 1.82) is 5.26 Å². The molecule has 2 saturated carbocycles. The SMILES string of the molecule is CC(C)(C)COC(=O)N1CC[C@@]2(C1)C[C@@]2(CCc1ccc(C#N)c(Cl)c1)CC1CCCCC1. The number of amides is 1. The highest BCUT2D eigenvalue weighted by Crippen LogP contribution is 2.73. The van der Waals surface area contributed by atoms with E-state index >= 15 is 0 Å². The molecule has 4 rings (SSSR count). The Morgan fingerprint density at radius 2 is 2.03 bits per heavy atom. The van der Waals surface area contributed by atoms with Crippen LogP contribution >= 0.6 is 11.6 Å². The Bertz CT molecular complexity index is 911. The highest BCUT2D eigenvalue weighted by atomic mass is 35.5. The lowest BCUT2D eigenvalue weighted by Gasteiger charge is -2.30. The predicted octanol–water partition coefficient (Wildman–Crippen LogP) is 7.38. The van der Waals surface area contributed by atoms with E-state index in [1.54, 1.807) is 0 Å². The molecule has 0 unspecified atom stereocenters. The number of ether oxygens (including phenoxy) is 1. The van der Waals surface area contributed by atoms with E-state index in [4.69, 9.17) is 16.3 Å². The third-order valence-electron chi connectivity index (χ3n) is 8.37. The van der Waals surface area contributed by atoms with Crippen molar-refractivity contribution < 1.29 is 9.53 Å². The second kappa shape index (κ2) is 9.49. The van der Waals surface area contributed by atoms with Crippen LogP contribution in [0.3, 0.4) is 0 Å². The lowest BCUT2D eigenvalue weighted by molar-refractivity contribution is 0.0760. The van der Waals surface area contributed by atoms with Gasteiger partial charge in [-0.15, -0.1) is 0 Å². The molecule has 1 spiro atoms. The van der Waals surface area contributed by atoms with E-state index in [1.165, 1.54) is 50.5 Å². The number of aryl methyl sites for hydroxylation is 1. The summed E-state index contributed by atoms with van der Waals surface area (Å²) in [6, 6.07) is 8.02. The predicted molar refractivity (Wildman–Crippen MR) is 132 cm³/mol. The van der Waals surface area contributed by atoms with Crippen molar-refractivity contribution in [3.63, 3.8) is 0 Å². The number of hydrogen-bond acceptors (Lipinski definition) is 3. The second-order valence-electron chi connectivity index (χ2n) is 12.2. The molecule has 4 nitrogen and oxygen atoms in total. The third-order valence-corrected chi connectivity index (χ3v) is 8.68. The molecule has 180 valence electrons. The molecule has 0 N–H and O–H groups in total. The molecule has 1 saturated heterocycles. The van der Waals surface area contributed by atoms with Crippen LogP contribution in [0.5, 0.6) is 0 Å². The minimum absolute atomic E-state index is 0.0141. The van der Waals surface area contributed by atoms with E-state index < -0.39 is 0 Å². The van der Waals surface area contributed by atoms with Gasteiger partial charge in [-0.25, -0.2) is 4.79 Å². The maximum atomic E-state index is 12.7. The van der Waals surface area contributed by atoms with Crippen LogP contribution in [-0.4, -0.2) is 30.7 Å². The molecule has 0 radical (unpaired) electrons. The van der Waals surface area contributed by atoms with Crippen molar-refractivity contribution in [3.8, 4) is 6.07 Å². The molecule has 0 aromatic heterocycles. The summed E-state index contributed by atoms with van der Waals surface area (Å²) < 4.78 is 5.64. The number of nitrogens with zero attached hydrogens (tertiary/aromatic N) is 2. The van der Waals surface area contributed by atoms with Gasteiger partial charge in [-0.3, -0.25) is 0 Å². The molecule has 0 bridgehead atoms. The highest BCUT2D eigenvalue weighted by molar-refractivity contribution is 6.31. The van der Waals surface area contributed by atoms with Crippen molar-refractivity contribution in [3.05, 3.63) is 34.3 Å². The van der Waals surface area contributed by atoms with Crippen molar-refractivity contribution in [1.82, 2.24) is 4.90 Å². The van der Waals surface area contributed by atoms with E-state index in [9.17, 15) is 10.1 Å². The van der Waals surface area contributed by atoms with Gasteiger partial charge in [0.05, 0.1) is 17.2 Å². The smallest absolute Gasteiger partial charge is 0.409 e. The van der Waals surface area contributed by atoms with E-state index in [-0.39, 0.29) is 16.9 Å². The fourth-order valence-corrected chi connectivity index (χ4v) is 6.70. The Morgan fingerprint density at radius 1 is 1.27 bits per heavy atom. The van der Waals surface area contributed by atoms with Crippen LogP contribution in [0, 0.1) is 33.5 Å². The van der Waals surface area contributed by atoms with E-state index in [2.05, 4.69) is 32.9 Å². The molecule has 3 fully saturated rings. The Hall–Kier alpha value is -1.73. The first-order chi connectivity index (χ1) is 15.7. The van der Waals surface area contributed by atoms with Gasteiger partial charge in [0.25, 0.3) is 0 Å². The summed E-state index contributed by atoms with van der Waals surface area (Å²) in [6.07, 6.45) is 12.4. The van der Waals surface area contributed by atoms with Crippen LogP contribution in [0.2, 0.25) is 5.02 Å². The van der Waals surface area contributed by atoms with Gasteiger partial charge >= 0.3 is 6.09 Å². The van der Waals surface area contributed by atoms with Gasteiger partial charge in [0.1, 0.15) is 6.07 Å². The van der Waals surface area contributed by atoms with Crippen LogP contribution in [0.4, 0.5) is 4.79 Å². The van der Waals surface area contributed by atoms with Gasteiger partial charge < -0.3 is 9.64 Å². The fourth-order valence-electron chi connectivity index (χ4n) is 6.46. The molecule has 2 aliphatic carbocycles. The summed E-state index contributed by atoms with van der Waals surface area (Å²) in [5, 5.41) is 9.73. The first kappa shape index (κ1) is 24.4. The number of rotatable bonds is 6. The van der Waals surface area contributed by atoms with Crippen molar-refractivity contribution in [2.24, 2.45) is 22.2 Å². The average Bonchev–Trinajstić information content (AvgIpc) is 3.14. The molecule has 1 amide bonds. The summed E-state index contributed by atoms with van der Waals surface area (Å²) in [7, 11) is 0. The Balaban J connectivity index is 1.44. The molecule has 33 heavy (non-hydrogen) atoms. The molecule has 1 aromatic carbocycles. The van der Waals surface area contributed by atoms with E-state index in [0.29, 0.717) is 22.6 Å².